The molecule has 7 heteroatoms. The summed E-state index contributed by atoms with van der Waals surface area (Å²) in [4.78, 5) is 14.2. The summed E-state index contributed by atoms with van der Waals surface area (Å²) in [5, 5.41) is 0.104. The largest absolute Gasteiger partial charge is 0.336 e. The van der Waals surface area contributed by atoms with Crippen LogP contribution in [0.25, 0.3) is 0 Å². The third-order valence-corrected chi connectivity index (χ3v) is 5.51. The molecule has 1 aromatic carbocycles. The van der Waals surface area contributed by atoms with Crippen LogP contribution in [0.4, 0.5) is 0 Å². The van der Waals surface area contributed by atoms with Crippen LogP contribution in [0.2, 0.25) is 5.02 Å². The topological polar surface area (TPSA) is 54.5 Å². The summed E-state index contributed by atoms with van der Waals surface area (Å²) in [6.45, 7) is 4.61. The zero-order valence-electron chi connectivity index (χ0n) is 11.8. The minimum Gasteiger partial charge on any atom is -0.336 e. The molecule has 2 atom stereocenters. The highest BCUT2D eigenvalue weighted by Gasteiger charge is 2.32. The predicted octanol–water partition coefficient (Wildman–Crippen LogP) is 3.53. The highest BCUT2D eigenvalue weighted by molar-refractivity contribution is 8.13. The van der Waals surface area contributed by atoms with Crippen molar-refractivity contribution < 1.29 is 13.2 Å². The van der Waals surface area contributed by atoms with Gasteiger partial charge in [0.15, 0.2) is 0 Å². The van der Waals surface area contributed by atoms with Crippen molar-refractivity contribution in [1.82, 2.24) is 4.90 Å². The van der Waals surface area contributed by atoms with Gasteiger partial charge in [-0.1, -0.05) is 24.6 Å². The van der Waals surface area contributed by atoms with Gasteiger partial charge in [-0.2, -0.15) is 0 Å². The number of hydrogen-bond donors (Lipinski definition) is 0. The molecule has 0 spiro atoms. The Balaban J connectivity index is 2.48. The van der Waals surface area contributed by atoms with Gasteiger partial charge in [0, 0.05) is 23.3 Å². The Kier molecular flexibility index (Phi) is 4.85. The summed E-state index contributed by atoms with van der Waals surface area (Å²) in [6, 6.07) is 4.32. The van der Waals surface area contributed by atoms with E-state index >= 15 is 0 Å². The maximum atomic E-state index is 12.8. The van der Waals surface area contributed by atoms with E-state index in [0.717, 1.165) is 12.8 Å². The second-order valence-corrected chi connectivity index (χ2v) is 8.48. The molecule has 2 unspecified atom stereocenters. The molecule has 21 heavy (non-hydrogen) atoms. The van der Waals surface area contributed by atoms with Crippen molar-refractivity contribution in [3.8, 4) is 0 Å². The van der Waals surface area contributed by atoms with E-state index in [1.54, 1.807) is 4.90 Å². The quantitative estimate of drug-likeness (QED) is 0.767. The van der Waals surface area contributed by atoms with Crippen LogP contribution in [0.15, 0.2) is 23.1 Å². The van der Waals surface area contributed by atoms with Crippen LogP contribution in [0.5, 0.6) is 0 Å². The van der Waals surface area contributed by atoms with Crippen molar-refractivity contribution in [2.75, 3.05) is 6.54 Å². The minimum atomic E-state index is -4.03. The molecule has 0 bridgehead atoms. The van der Waals surface area contributed by atoms with Crippen molar-refractivity contribution in [2.24, 2.45) is 5.92 Å². The van der Waals surface area contributed by atoms with E-state index in [1.165, 1.54) is 18.2 Å². The number of rotatable bonds is 2. The molecule has 0 saturated carbocycles. The molecule has 1 aromatic rings. The first-order valence-corrected chi connectivity index (χ1v) is 9.44. The van der Waals surface area contributed by atoms with Crippen LogP contribution in [0.1, 0.15) is 37.0 Å². The zero-order chi connectivity index (χ0) is 15.8. The van der Waals surface area contributed by atoms with E-state index < -0.39 is 9.05 Å². The number of halogens is 2. The highest BCUT2D eigenvalue weighted by Crippen LogP contribution is 2.30. The Hall–Kier alpha value is -0.780. The normalized spacial score (nSPS) is 23.1. The van der Waals surface area contributed by atoms with E-state index in [2.05, 4.69) is 6.92 Å². The molecule has 0 aliphatic carbocycles. The predicted molar refractivity (Wildman–Crippen MR) is 83.4 cm³/mol. The summed E-state index contributed by atoms with van der Waals surface area (Å²) in [5.74, 6) is 0.00238. The maximum Gasteiger partial charge on any atom is 0.262 e. The van der Waals surface area contributed by atoms with Gasteiger partial charge >= 0.3 is 0 Å². The summed E-state index contributed by atoms with van der Waals surface area (Å²) >= 11 is 6.06. The number of carbonyl (C=O) groups excluding carboxylic acids is 1. The fourth-order valence-electron chi connectivity index (χ4n) is 2.63. The number of amides is 1. The maximum absolute atomic E-state index is 12.8. The minimum absolute atomic E-state index is 0.0323. The van der Waals surface area contributed by atoms with E-state index in [4.69, 9.17) is 22.3 Å². The van der Waals surface area contributed by atoms with Crippen molar-refractivity contribution in [2.45, 2.75) is 37.6 Å². The fourth-order valence-corrected chi connectivity index (χ4v) is 4.01. The molecular formula is C14H17Cl2NO3S. The lowest BCUT2D eigenvalue weighted by molar-refractivity contribution is 0.0570. The number of nitrogens with zero attached hydrogens (tertiary/aromatic N) is 1. The Bertz CT molecular complexity index is 660. The molecule has 0 radical (unpaired) electrons. The van der Waals surface area contributed by atoms with Gasteiger partial charge in [0.1, 0.15) is 0 Å². The second-order valence-electron chi connectivity index (χ2n) is 5.54. The Morgan fingerprint density at radius 1 is 1.29 bits per heavy atom. The molecule has 1 aliphatic heterocycles. The molecule has 0 N–H and O–H groups in total. The van der Waals surface area contributed by atoms with Gasteiger partial charge in [-0.25, -0.2) is 8.42 Å². The molecule has 0 aromatic heterocycles. The number of benzene rings is 1. The molecule has 1 amide bonds. The third kappa shape index (κ3) is 3.52. The van der Waals surface area contributed by atoms with Crippen LogP contribution in [0.3, 0.4) is 0 Å². The van der Waals surface area contributed by atoms with Gasteiger partial charge in [0.05, 0.1) is 15.5 Å². The third-order valence-electron chi connectivity index (χ3n) is 3.83. The van der Waals surface area contributed by atoms with Crippen molar-refractivity contribution in [3.05, 3.63) is 28.8 Å². The summed E-state index contributed by atoms with van der Waals surface area (Å²) < 4.78 is 23.4. The molecule has 1 saturated heterocycles. The first-order valence-electron chi connectivity index (χ1n) is 6.76. The first kappa shape index (κ1) is 16.6. The van der Waals surface area contributed by atoms with E-state index in [9.17, 15) is 13.2 Å². The fraction of sp³-hybridized carbons (Fsp3) is 0.500. The summed E-state index contributed by atoms with van der Waals surface area (Å²) in [6.07, 6.45) is 1.94. The molecule has 1 heterocycles. The molecule has 4 nitrogen and oxygen atoms in total. The molecule has 116 valence electrons. The Morgan fingerprint density at radius 2 is 1.95 bits per heavy atom. The van der Waals surface area contributed by atoms with E-state index in [-0.39, 0.29) is 27.4 Å². The monoisotopic (exact) mass is 349 g/mol. The number of carbonyl (C=O) groups is 1. The van der Waals surface area contributed by atoms with Crippen LogP contribution >= 0.6 is 22.3 Å². The zero-order valence-corrected chi connectivity index (χ0v) is 14.2. The SMILES string of the molecule is CC1CCC(C)N(C(=O)c2c(Cl)cccc2S(=O)(=O)Cl)C1. The molecule has 1 fully saturated rings. The van der Waals surface area contributed by atoms with Gasteiger partial charge in [-0.05, 0) is 37.8 Å². The number of piperidine rings is 1. The summed E-state index contributed by atoms with van der Waals surface area (Å²) in [7, 11) is 1.40. The van der Waals surface area contributed by atoms with Gasteiger partial charge in [0.2, 0.25) is 0 Å². The summed E-state index contributed by atoms with van der Waals surface area (Å²) in [5.41, 5.74) is -0.0323. The van der Waals surface area contributed by atoms with Gasteiger partial charge in [0.25, 0.3) is 15.0 Å². The molecule has 2 rings (SSSR count). The standard InChI is InChI=1S/C14H17Cl2NO3S/c1-9-6-7-10(2)17(8-9)14(18)13-11(15)4-3-5-12(13)21(16,19)20/h3-5,9-10H,6-8H2,1-2H3. The van der Waals surface area contributed by atoms with E-state index in [1.807, 2.05) is 6.92 Å². The van der Waals surface area contributed by atoms with Crippen molar-refractivity contribution >= 4 is 37.2 Å². The lowest BCUT2D eigenvalue weighted by atomic mass is 9.94. The Morgan fingerprint density at radius 3 is 2.57 bits per heavy atom. The van der Waals surface area contributed by atoms with Crippen LogP contribution in [0, 0.1) is 5.92 Å². The first-order chi connectivity index (χ1) is 9.71. The van der Waals surface area contributed by atoms with Crippen LogP contribution in [-0.2, 0) is 9.05 Å². The highest BCUT2D eigenvalue weighted by atomic mass is 35.7. The van der Waals surface area contributed by atoms with Crippen LogP contribution in [-0.4, -0.2) is 31.8 Å². The average Bonchev–Trinajstić information content (AvgIpc) is 2.39. The Labute approximate surface area is 134 Å². The lowest BCUT2D eigenvalue weighted by Crippen LogP contribution is -2.45. The van der Waals surface area contributed by atoms with Gasteiger partial charge in [-0.15, -0.1) is 0 Å². The lowest BCUT2D eigenvalue weighted by Gasteiger charge is -2.37. The van der Waals surface area contributed by atoms with E-state index in [0.29, 0.717) is 12.5 Å². The molecular weight excluding hydrogens is 333 g/mol. The van der Waals surface area contributed by atoms with Crippen LogP contribution < -0.4 is 0 Å². The average molecular weight is 350 g/mol. The van der Waals surface area contributed by atoms with Gasteiger partial charge < -0.3 is 4.90 Å². The number of hydrogen-bond acceptors (Lipinski definition) is 3. The number of likely N-dealkylation sites (tertiary alicyclic amines) is 1. The molecule has 1 aliphatic rings. The smallest absolute Gasteiger partial charge is 0.262 e. The van der Waals surface area contributed by atoms with Crippen molar-refractivity contribution in [1.29, 1.82) is 0 Å². The van der Waals surface area contributed by atoms with Gasteiger partial charge in [-0.3, -0.25) is 4.79 Å². The second kappa shape index (κ2) is 6.15. The van der Waals surface area contributed by atoms with Crippen molar-refractivity contribution in [3.63, 3.8) is 0 Å².